The third-order valence-corrected chi connectivity index (χ3v) is 6.37. The van der Waals surface area contributed by atoms with E-state index in [9.17, 15) is 13.2 Å². The topological polar surface area (TPSA) is 75.3 Å². The number of carbonyl (C=O) groups is 1. The molecule has 0 aliphatic rings. The number of hydrogen-bond donors (Lipinski definition) is 2. The molecular formula is C19H13BrCl2N2O3S. The Balaban J connectivity index is 1.87. The lowest BCUT2D eigenvalue weighted by molar-refractivity contribution is 0.102. The molecule has 5 nitrogen and oxygen atoms in total. The van der Waals surface area contributed by atoms with E-state index in [1.54, 1.807) is 36.4 Å². The van der Waals surface area contributed by atoms with Crippen LogP contribution >= 0.6 is 39.1 Å². The van der Waals surface area contributed by atoms with Gasteiger partial charge in [0.1, 0.15) is 0 Å². The lowest BCUT2D eigenvalue weighted by Gasteiger charge is -2.13. The van der Waals surface area contributed by atoms with Crippen LogP contribution in [0.15, 0.2) is 76.1 Å². The minimum absolute atomic E-state index is 0.0791. The number of sulfonamides is 1. The van der Waals surface area contributed by atoms with Crippen LogP contribution in [0, 0.1) is 0 Å². The van der Waals surface area contributed by atoms with Gasteiger partial charge in [0.05, 0.1) is 26.2 Å². The quantitative estimate of drug-likeness (QED) is 0.465. The molecule has 1 amide bonds. The van der Waals surface area contributed by atoms with Crippen LogP contribution in [0.4, 0.5) is 11.4 Å². The van der Waals surface area contributed by atoms with E-state index in [2.05, 4.69) is 26.0 Å². The van der Waals surface area contributed by atoms with Crippen molar-refractivity contribution in [3.05, 3.63) is 86.8 Å². The number of carbonyl (C=O) groups excluding carboxylic acids is 1. The Morgan fingerprint density at radius 2 is 1.57 bits per heavy atom. The standard InChI is InChI=1S/C19H13BrCl2N2O3S/c20-12-5-8-14(9-6-12)28(26,27)24-18-4-2-1-3-15(18)19(25)23-13-7-10-16(21)17(22)11-13/h1-11,24H,(H,23,25). The molecule has 0 bridgehead atoms. The van der Waals surface area contributed by atoms with Crippen molar-refractivity contribution in [3.63, 3.8) is 0 Å². The predicted octanol–water partition coefficient (Wildman–Crippen LogP) is 5.81. The summed E-state index contributed by atoms with van der Waals surface area (Å²) in [5.74, 6) is -0.493. The number of halogens is 3. The van der Waals surface area contributed by atoms with Crippen molar-refractivity contribution in [3.8, 4) is 0 Å². The molecule has 0 aromatic heterocycles. The van der Waals surface area contributed by atoms with Crippen molar-refractivity contribution in [2.75, 3.05) is 10.0 Å². The second-order valence-electron chi connectivity index (χ2n) is 5.69. The van der Waals surface area contributed by atoms with Crippen molar-refractivity contribution < 1.29 is 13.2 Å². The highest BCUT2D eigenvalue weighted by atomic mass is 79.9. The van der Waals surface area contributed by atoms with Gasteiger partial charge >= 0.3 is 0 Å². The number of amides is 1. The van der Waals surface area contributed by atoms with Crippen LogP contribution in [0.3, 0.4) is 0 Å². The second-order valence-corrected chi connectivity index (χ2v) is 9.10. The molecule has 9 heteroatoms. The molecule has 0 radical (unpaired) electrons. The molecule has 3 aromatic carbocycles. The maximum atomic E-state index is 12.7. The Morgan fingerprint density at radius 3 is 2.25 bits per heavy atom. The van der Waals surface area contributed by atoms with Crippen LogP contribution in [0.1, 0.15) is 10.4 Å². The molecule has 0 saturated carbocycles. The summed E-state index contributed by atoms with van der Waals surface area (Å²) < 4.78 is 28.5. The molecule has 3 aromatic rings. The van der Waals surface area contributed by atoms with Crippen molar-refractivity contribution in [2.45, 2.75) is 4.90 Å². The fourth-order valence-corrected chi connectivity index (χ4v) is 4.00. The zero-order valence-electron chi connectivity index (χ0n) is 14.1. The first-order valence-corrected chi connectivity index (χ1v) is 10.9. The molecular weight excluding hydrogens is 487 g/mol. The minimum Gasteiger partial charge on any atom is -0.322 e. The van der Waals surface area contributed by atoms with Gasteiger partial charge in [-0.2, -0.15) is 0 Å². The van der Waals surface area contributed by atoms with E-state index in [1.165, 1.54) is 30.3 Å². The summed E-state index contributed by atoms with van der Waals surface area (Å²) >= 11 is 15.1. The van der Waals surface area contributed by atoms with Crippen molar-refractivity contribution >= 4 is 66.4 Å². The van der Waals surface area contributed by atoms with Gasteiger partial charge < -0.3 is 5.32 Å². The van der Waals surface area contributed by atoms with E-state index < -0.39 is 15.9 Å². The Kier molecular flexibility index (Phi) is 6.30. The predicted molar refractivity (Wildman–Crippen MR) is 116 cm³/mol. The molecule has 2 N–H and O–H groups in total. The molecule has 0 spiro atoms. The van der Waals surface area contributed by atoms with Gasteiger partial charge in [0.25, 0.3) is 15.9 Å². The van der Waals surface area contributed by atoms with Crippen LogP contribution in [-0.2, 0) is 10.0 Å². The normalized spacial score (nSPS) is 11.1. The van der Waals surface area contributed by atoms with Gasteiger partial charge in [0.2, 0.25) is 0 Å². The van der Waals surface area contributed by atoms with Gasteiger partial charge in [-0.05, 0) is 54.6 Å². The van der Waals surface area contributed by atoms with E-state index >= 15 is 0 Å². The summed E-state index contributed by atoms with van der Waals surface area (Å²) in [6.45, 7) is 0. The molecule has 0 fully saturated rings. The largest absolute Gasteiger partial charge is 0.322 e. The minimum atomic E-state index is -3.86. The second kappa shape index (κ2) is 8.53. The van der Waals surface area contributed by atoms with Crippen LogP contribution in [-0.4, -0.2) is 14.3 Å². The van der Waals surface area contributed by atoms with Crippen LogP contribution in [0.25, 0.3) is 0 Å². The average molecular weight is 500 g/mol. The van der Waals surface area contributed by atoms with Crippen molar-refractivity contribution in [1.29, 1.82) is 0 Å². The fraction of sp³-hybridized carbons (Fsp3) is 0. The van der Waals surface area contributed by atoms with Crippen LogP contribution < -0.4 is 10.0 Å². The SMILES string of the molecule is O=C(Nc1ccc(Cl)c(Cl)c1)c1ccccc1NS(=O)(=O)c1ccc(Br)cc1. The number of hydrogen-bond acceptors (Lipinski definition) is 3. The van der Waals surface area contributed by atoms with Gasteiger partial charge in [-0.1, -0.05) is 51.3 Å². The van der Waals surface area contributed by atoms with E-state index in [4.69, 9.17) is 23.2 Å². The summed E-state index contributed by atoms with van der Waals surface area (Å²) in [6.07, 6.45) is 0. The van der Waals surface area contributed by atoms with Gasteiger partial charge in [-0.25, -0.2) is 8.42 Å². The number of rotatable bonds is 5. The summed E-state index contributed by atoms with van der Waals surface area (Å²) in [6, 6.07) is 17.1. The lowest BCUT2D eigenvalue weighted by Crippen LogP contribution is -2.18. The summed E-state index contributed by atoms with van der Waals surface area (Å²) in [5.41, 5.74) is 0.752. The van der Waals surface area contributed by atoms with Crippen molar-refractivity contribution in [1.82, 2.24) is 0 Å². The maximum absolute atomic E-state index is 12.7. The molecule has 144 valence electrons. The number of nitrogens with one attached hydrogen (secondary N) is 2. The van der Waals surface area contributed by atoms with Crippen LogP contribution in [0.5, 0.6) is 0 Å². The molecule has 0 unspecified atom stereocenters. The number of anilines is 2. The van der Waals surface area contributed by atoms with Gasteiger partial charge in [0.15, 0.2) is 0 Å². The monoisotopic (exact) mass is 498 g/mol. The zero-order chi connectivity index (χ0) is 20.3. The summed E-state index contributed by atoms with van der Waals surface area (Å²) in [5, 5.41) is 3.33. The molecule has 0 aliphatic heterocycles. The smallest absolute Gasteiger partial charge is 0.261 e. The molecule has 28 heavy (non-hydrogen) atoms. The van der Waals surface area contributed by atoms with E-state index in [1.807, 2.05) is 0 Å². The molecule has 0 heterocycles. The maximum Gasteiger partial charge on any atom is 0.261 e. The Morgan fingerprint density at radius 1 is 0.893 bits per heavy atom. The molecule has 3 rings (SSSR count). The van der Waals surface area contributed by atoms with E-state index in [-0.39, 0.29) is 16.1 Å². The highest BCUT2D eigenvalue weighted by Crippen LogP contribution is 2.26. The number of para-hydroxylation sites is 1. The highest BCUT2D eigenvalue weighted by molar-refractivity contribution is 9.10. The van der Waals surface area contributed by atoms with Gasteiger partial charge in [0, 0.05) is 10.2 Å². The first-order valence-electron chi connectivity index (χ1n) is 7.90. The fourth-order valence-electron chi connectivity index (χ4n) is 2.36. The highest BCUT2D eigenvalue weighted by Gasteiger charge is 2.19. The molecule has 0 saturated heterocycles. The Hall–Kier alpha value is -2.06. The summed E-state index contributed by atoms with van der Waals surface area (Å²) in [4.78, 5) is 12.7. The van der Waals surface area contributed by atoms with E-state index in [0.29, 0.717) is 15.7 Å². The third kappa shape index (κ3) is 4.86. The third-order valence-electron chi connectivity index (χ3n) is 3.72. The summed E-state index contributed by atoms with van der Waals surface area (Å²) in [7, 11) is -3.86. The Bertz CT molecular complexity index is 1140. The van der Waals surface area contributed by atoms with Gasteiger partial charge in [-0.15, -0.1) is 0 Å². The first kappa shape index (κ1) is 20.7. The zero-order valence-corrected chi connectivity index (χ0v) is 18.0. The van der Waals surface area contributed by atoms with Crippen LogP contribution in [0.2, 0.25) is 10.0 Å². The van der Waals surface area contributed by atoms with Crippen molar-refractivity contribution in [2.24, 2.45) is 0 Å². The number of benzene rings is 3. The first-order chi connectivity index (χ1) is 13.3. The molecule has 0 atom stereocenters. The van der Waals surface area contributed by atoms with E-state index in [0.717, 1.165) is 4.47 Å². The lowest BCUT2D eigenvalue weighted by atomic mass is 10.1. The molecule has 0 aliphatic carbocycles. The Labute approximate surface area is 180 Å². The van der Waals surface area contributed by atoms with Gasteiger partial charge in [-0.3, -0.25) is 9.52 Å². The average Bonchev–Trinajstić information content (AvgIpc) is 2.65.